The highest BCUT2D eigenvalue weighted by Crippen LogP contribution is 2.24. The predicted molar refractivity (Wildman–Crippen MR) is 83.0 cm³/mol. The van der Waals surface area contributed by atoms with Crippen molar-refractivity contribution in [2.45, 2.75) is 13.8 Å². The molecule has 3 rings (SSSR count). The molecule has 0 spiro atoms. The lowest BCUT2D eigenvalue weighted by Gasteiger charge is -2.33. The minimum absolute atomic E-state index is 0.0954. The van der Waals surface area contributed by atoms with Crippen molar-refractivity contribution >= 4 is 12.6 Å². The van der Waals surface area contributed by atoms with Crippen LogP contribution in [0.3, 0.4) is 0 Å². The van der Waals surface area contributed by atoms with E-state index in [1.807, 2.05) is 12.1 Å². The van der Waals surface area contributed by atoms with Gasteiger partial charge in [0.25, 0.3) is 0 Å². The zero-order chi connectivity index (χ0) is 14.0. The van der Waals surface area contributed by atoms with Gasteiger partial charge in [-0.3, -0.25) is 0 Å². The third kappa shape index (κ3) is 2.79. The van der Waals surface area contributed by atoms with E-state index in [1.54, 1.807) is 0 Å². The molecule has 0 aromatic heterocycles. The van der Waals surface area contributed by atoms with Crippen molar-refractivity contribution < 1.29 is 9.31 Å². The standard InChI is InChI=1S/C17H19BO2/c1-17(2)12-19-18(20-13-17)16-11-7-6-10-15(16)14-8-4-3-5-9-14/h3-11H,12-13H2,1-2H3. The maximum Gasteiger partial charge on any atom is 0.494 e. The second-order valence-corrected chi connectivity index (χ2v) is 6.07. The molecule has 2 aromatic rings. The van der Waals surface area contributed by atoms with Crippen LogP contribution in [0.4, 0.5) is 0 Å². The molecule has 2 aromatic carbocycles. The van der Waals surface area contributed by atoms with Crippen LogP contribution in [0.15, 0.2) is 54.6 Å². The average molecular weight is 266 g/mol. The lowest BCUT2D eigenvalue weighted by Crippen LogP contribution is -2.47. The lowest BCUT2D eigenvalue weighted by atomic mass is 9.72. The topological polar surface area (TPSA) is 18.5 Å². The molecule has 0 radical (unpaired) electrons. The summed E-state index contributed by atoms with van der Waals surface area (Å²) in [4.78, 5) is 0. The predicted octanol–water partition coefficient (Wildman–Crippen LogP) is 3.12. The summed E-state index contributed by atoms with van der Waals surface area (Å²) >= 11 is 0. The molecule has 0 unspecified atom stereocenters. The van der Waals surface area contributed by atoms with Crippen LogP contribution in [0.5, 0.6) is 0 Å². The smallest absolute Gasteiger partial charge is 0.407 e. The fraction of sp³-hybridized carbons (Fsp3) is 0.294. The maximum atomic E-state index is 5.92. The highest BCUT2D eigenvalue weighted by atomic mass is 16.6. The molecule has 0 aliphatic carbocycles. The summed E-state index contributed by atoms with van der Waals surface area (Å²) in [5.41, 5.74) is 3.57. The van der Waals surface area contributed by atoms with E-state index in [0.29, 0.717) is 0 Å². The first-order valence-corrected chi connectivity index (χ1v) is 7.03. The van der Waals surface area contributed by atoms with Crippen molar-refractivity contribution in [1.82, 2.24) is 0 Å². The zero-order valence-electron chi connectivity index (χ0n) is 12.0. The minimum Gasteiger partial charge on any atom is -0.407 e. The van der Waals surface area contributed by atoms with Gasteiger partial charge in [0.15, 0.2) is 0 Å². The second kappa shape index (κ2) is 5.43. The Hall–Kier alpha value is -1.58. The van der Waals surface area contributed by atoms with Crippen molar-refractivity contribution in [3.63, 3.8) is 0 Å². The second-order valence-electron chi connectivity index (χ2n) is 6.07. The third-order valence-electron chi connectivity index (χ3n) is 3.55. The summed E-state index contributed by atoms with van der Waals surface area (Å²) in [5.74, 6) is 0. The molecule has 1 heterocycles. The van der Waals surface area contributed by atoms with Crippen LogP contribution < -0.4 is 5.46 Å². The molecule has 2 nitrogen and oxygen atoms in total. The summed E-state index contributed by atoms with van der Waals surface area (Å²) in [7, 11) is -0.264. The molecule has 102 valence electrons. The average Bonchev–Trinajstić information content (AvgIpc) is 2.48. The Bertz CT molecular complexity index is 571. The lowest BCUT2D eigenvalue weighted by molar-refractivity contribution is 0.0343. The Morgan fingerprint density at radius 3 is 2.15 bits per heavy atom. The molecule has 0 N–H and O–H groups in total. The summed E-state index contributed by atoms with van der Waals surface area (Å²) in [6.07, 6.45) is 0. The first kappa shape index (κ1) is 13.4. The van der Waals surface area contributed by atoms with E-state index < -0.39 is 0 Å². The van der Waals surface area contributed by atoms with Gasteiger partial charge in [0.2, 0.25) is 0 Å². The Morgan fingerprint density at radius 1 is 0.850 bits per heavy atom. The first-order chi connectivity index (χ1) is 9.66. The van der Waals surface area contributed by atoms with Crippen LogP contribution >= 0.6 is 0 Å². The van der Waals surface area contributed by atoms with Gasteiger partial charge in [0.1, 0.15) is 0 Å². The minimum atomic E-state index is -0.264. The summed E-state index contributed by atoms with van der Waals surface area (Å²) in [6.45, 7) is 5.76. The Labute approximate surface area is 120 Å². The van der Waals surface area contributed by atoms with Gasteiger partial charge in [-0.2, -0.15) is 0 Å². The molecule has 3 heteroatoms. The van der Waals surface area contributed by atoms with Crippen molar-refractivity contribution in [2.24, 2.45) is 5.41 Å². The van der Waals surface area contributed by atoms with Crippen molar-refractivity contribution in [3.8, 4) is 11.1 Å². The molecule has 1 fully saturated rings. The highest BCUT2D eigenvalue weighted by Gasteiger charge is 2.34. The van der Waals surface area contributed by atoms with Crippen LogP contribution in [0.2, 0.25) is 0 Å². The van der Waals surface area contributed by atoms with Crippen molar-refractivity contribution in [3.05, 3.63) is 54.6 Å². The Morgan fingerprint density at radius 2 is 1.45 bits per heavy atom. The number of hydrogen-bond donors (Lipinski definition) is 0. The van der Waals surface area contributed by atoms with Crippen LogP contribution in [0.25, 0.3) is 11.1 Å². The highest BCUT2D eigenvalue weighted by molar-refractivity contribution is 6.63. The summed E-state index contributed by atoms with van der Waals surface area (Å²) < 4.78 is 11.8. The maximum absolute atomic E-state index is 5.92. The van der Waals surface area contributed by atoms with E-state index in [2.05, 4.69) is 56.3 Å². The summed E-state index contributed by atoms with van der Waals surface area (Å²) in [5, 5.41) is 0. The fourth-order valence-corrected chi connectivity index (χ4v) is 2.46. The largest absolute Gasteiger partial charge is 0.494 e. The van der Waals surface area contributed by atoms with E-state index >= 15 is 0 Å². The van der Waals surface area contributed by atoms with Crippen molar-refractivity contribution in [2.75, 3.05) is 13.2 Å². The number of rotatable bonds is 2. The third-order valence-corrected chi connectivity index (χ3v) is 3.55. The van der Waals surface area contributed by atoms with Gasteiger partial charge in [-0.05, 0) is 16.6 Å². The monoisotopic (exact) mass is 266 g/mol. The van der Waals surface area contributed by atoms with Gasteiger partial charge >= 0.3 is 7.12 Å². The molecule has 0 amide bonds. The molecule has 0 bridgehead atoms. The van der Waals surface area contributed by atoms with Gasteiger partial charge in [-0.15, -0.1) is 0 Å². The van der Waals surface area contributed by atoms with Gasteiger partial charge in [-0.1, -0.05) is 68.4 Å². The molecular formula is C17H19BO2. The quantitative estimate of drug-likeness (QED) is 0.777. The van der Waals surface area contributed by atoms with E-state index in [4.69, 9.17) is 9.31 Å². The van der Waals surface area contributed by atoms with E-state index in [9.17, 15) is 0 Å². The van der Waals surface area contributed by atoms with E-state index in [0.717, 1.165) is 18.7 Å². The normalized spacial score (nSPS) is 18.0. The number of benzene rings is 2. The Kier molecular flexibility index (Phi) is 3.64. The summed E-state index contributed by atoms with van der Waals surface area (Å²) in [6, 6.07) is 18.7. The fourth-order valence-electron chi connectivity index (χ4n) is 2.46. The van der Waals surface area contributed by atoms with Crippen molar-refractivity contribution in [1.29, 1.82) is 0 Å². The zero-order valence-corrected chi connectivity index (χ0v) is 12.0. The SMILES string of the molecule is CC1(C)COB(c2ccccc2-c2ccccc2)OC1. The molecule has 0 atom stereocenters. The number of hydrogen-bond acceptors (Lipinski definition) is 2. The first-order valence-electron chi connectivity index (χ1n) is 7.03. The molecule has 0 saturated carbocycles. The van der Waals surface area contributed by atoms with Crippen LogP contribution in [-0.2, 0) is 9.31 Å². The van der Waals surface area contributed by atoms with E-state index in [1.165, 1.54) is 11.1 Å². The van der Waals surface area contributed by atoms with E-state index in [-0.39, 0.29) is 12.5 Å². The molecular weight excluding hydrogens is 247 g/mol. The van der Waals surface area contributed by atoms with Crippen LogP contribution in [-0.4, -0.2) is 20.3 Å². The van der Waals surface area contributed by atoms with Gasteiger partial charge < -0.3 is 9.31 Å². The van der Waals surface area contributed by atoms with Crippen LogP contribution in [0.1, 0.15) is 13.8 Å². The molecule has 1 saturated heterocycles. The molecule has 1 aliphatic rings. The molecule has 20 heavy (non-hydrogen) atoms. The Balaban J connectivity index is 1.91. The molecule has 1 aliphatic heterocycles. The van der Waals surface area contributed by atoms with Gasteiger partial charge in [-0.25, -0.2) is 0 Å². The van der Waals surface area contributed by atoms with Crippen LogP contribution in [0, 0.1) is 5.41 Å². The van der Waals surface area contributed by atoms with Gasteiger partial charge in [0.05, 0.1) is 0 Å². The van der Waals surface area contributed by atoms with Gasteiger partial charge in [0, 0.05) is 18.6 Å².